The van der Waals surface area contributed by atoms with Crippen LogP contribution in [0.3, 0.4) is 0 Å². The molecule has 0 unspecified atom stereocenters. The predicted octanol–water partition coefficient (Wildman–Crippen LogP) is 5.09. The summed E-state index contributed by atoms with van der Waals surface area (Å²) in [6, 6.07) is 21.2. The summed E-state index contributed by atoms with van der Waals surface area (Å²) >= 11 is 4.00. The van der Waals surface area contributed by atoms with Gasteiger partial charge in [-0.15, -0.1) is 0 Å². The van der Waals surface area contributed by atoms with E-state index >= 15 is 0 Å². The summed E-state index contributed by atoms with van der Waals surface area (Å²) < 4.78 is 2.71. The Balaban J connectivity index is 1.94. The second kappa shape index (κ2) is 5.94. The minimum atomic E-state index is 0.152. The van der Waals surface area contributed by atoms with Crippen molar-refractivity contribution >= 4 is 51.7 Å². The highest BCUT2D eigenvalue weighted by Crippen LogP contribution is 2.36. The molecule has 0 saturated carbocycles. The Bertz CT molecular complexity index is 995. The fourth-order valence-electron chi connectivity index (χ4n) is 2.82. The van der Waals surface area contributed by atoms with Crippen molar-refractivity contribution in [2.45, 2.75) is 0 Å². The van der Waals surface area contributed by atoms with Gasteiger partial charge in [0.1, 0.15) is 5.75 Å². The van der Waals surface area contributed by atoms with Gasteiger partial charge in [-0.1, -0.05) is 49.2 Å². The maximum atomic E-state index is 10.3. The van der Waals surface area contributed by atoms with Crippen molar-refractivity contribution in [3.63, 3.8) is 0 Å². The standard InChI is InChI=1S/C19H15N3OS/c23-18-11-12(22-24)9-10-17(18)21-19-13-5-1-3-7-15(13)20-16-8-4-2-6-14(16)19/h1-11,22-24H,(H,20,21). The van der Waals surface area contributed by atoms with Gasteiger partial charge in [-0.05, 0) is 24.3 Å². The van der Waals surface area contributed by atoms with Crippen LogP contribution in [0.15, 0.2) is 66.7 Å². The van der Waals surface area contributed by atoms with E-state index in [1.54, 1.807) is 6.07 Å². The summed E-state index contributed by atoms with van der Waals surface area (Å²) in [4.78, 5) is 4.71. The summed E-state index contributed by atoms with van der Waals surface area (Å²) in [5.74, 6) is 0.152. The molecule has 0 aliphatic rings. The van der Waals surface area contributed by atoms with E-state index in [0.29, 0.717) is 5.69 Å². The fraction of sp³-hybridized carbons (Fsp3) is 0. The van der Waals surface area contributed by atoms with Gasteiger partial charge in [-0.2, -0.15) is 0 Å². The number of fused-ring (bicyclic) bond motifs is 2. The second-order valence-electron chi connectivity index (χ2n) is 5.49. The zero-order valence-electron chi connectivity index (χ0n) is 12.7. The third kappa shape index (κ3) is 2.49. The van der Waals surface area contributed by atoms with Gasteiger partial charge in [0.2, 0.25) is 0 Å². The van der Waals surface area contributed by atoms with Crippen molar-refractivity contribution < 1.29 is 5.11 Å². The molecule has 1 aromatic heterocycles. The number of rotatable bonds is 3. The maximum Gasteiger partial charge on any atom is 0.141 e. The Morgan fingerprint density at radius 1 is 0.833 bits per heavy atom. The van der Waals surface area contributed by atoms with Crippen LogP contribution in [-0.4, -0.2) is 10.1 Å². The highest BCUT2D eigenvalue weighted by molar-refractivity contribution is 7.81. The van der Waals surface area contributed by atoms with E-state index in [9.17, 15) is 5.11 Å². The molecule has 4 rings (SSSR count). The number of hydrogen-bond acceptors (Lipinski definition) is 5. The summed E-state index contributed by atoms with van der Waals surface area (Å²) in [7, 11) is 0. The molecule has 3 N–H and O–H groups in total. The number of hydrogen-bond donors (Lipinski definition) is 4. The van der Waals surface area contributed by atoms with E-state index in [-0.39, 0.29) is 5.75 Å². The number of anilines is 3. The molecule has 0 fully saturated rings. The molecule has 4 aromatic rings. The molecule has 5 heteroatoms. The number of benzene rings is 3. The Morgan fingerprint density at radius 2 is 1.46 bits per heavy atom. The highest BCUT2D eigenvalue weighted by Gasteiger charge is 2.11. The van der Waals surface area contributed by atoms with Gasteiger partial charge in [-0.25, -0.2) is 4.98 Å². The van der Waals surface area contributed by atoms with Crippen molar-refractivity contribution in [1.82, 2.24) is 4.98 Å². The minimum Gasteiger partial charge on any atom is -0.506 e. The van der Waals surface area contributed by atoms with Gasteiger partial charge in [-0.3, -0.25) is 0 Å². The van der Waals surface area contributed by atoms with E-state index in [2.05, 4.69) is 22.9 Å². The highest BCUT2D eigenvalue weighted by atomic mass is 32.1. The average molecular weight is 333 g/mol. The van der Waals surface area contributed by atoms with Crippen LogP contribution < -0.4 is 10.0 Å². The lowest BCUT2D eigenvalue weighted by atomic mass is 10.1. The normalized spacial score (nSPS) is 10.9. The van der Waals surface area contributed by atoms with Crippen molar-refractivity contribution in [3.8, 4) is 5.75 Å². The molecule has 0 bridgehead atoms. The average Bonchev–Trinajstić information content (AvgIpc) is 2.62. The molecule has 0 amide bonds. The van der Waals surface area contributed by atoms with Crippen LogP contribution in [-0.2, 0) is 0 Å². The van der Waals surface area contributed by atoms with Crippen LogP contribution in [0.1, 0.15) is 0 Å². The molecule has 0 aliphatic carbocycles. The first-order valence-electron chi connectivity index (χ1n) is 7.54. The summed E-state index contributed by atoms with van der Waals surface area (Å²) in [6.45, 7) is 0. The molecule has 118 valence electrons. The lowest BCUT2D eigenvalue weighted by molar-refractivity contribution is 0.478. The number of thiol groups is 1. The second-order valence-corrected chi connectivity index (χ2v) is 5.71. The summed E-state index contributed by atoms with van der Waals surface area (Å²) in [5, 5.41) is 15.7. The Kier molecular flexibility index (Phi) is 3.63. The summed E-state index contributed by atoms with van der Waals surface area (Å²) in [6.07, 6.45) is 0. The van der Waals surface area contributed by atoms with Crippen molar-refractivity contribution in [2.24, 2.45) is 0 Å². The molecule has 4 nitrogen and oxygen atoms in total. The first-order valence-corrected chi connectivity index (χ1v) is 7.98. The number of phenolic OH excluding ortho intramolecular Hbond substituents is 1. The molecular formula is C19H15N3OS. The third-order valence-electron chi connectivity index (χ3n) is 3.97. The van der Waals surface area contributed by atoms with Gasteiger partial charge >= 0.3 is 0 Å². The zero-order chi connectivity index (χ0) is 16.5. The SMILES string of the molecule is Oc1cc(NS)ccc1Nc1c2ccccc2nc2ccccc12. The van der Waals surface area contributed by atoms with E-state index < -0.39 is 0 Å². The number of nitrogens with one attached hydrogen (secondary N) is 2. The van der Waals surface area contributed by atoms with Crippen LogP contribution in [0.4, 0.5) is 17.1 Å². The quantitative estimate of drug-likeness (QED) is 0.239. The van der Waals surface area contributed by atoms with Crippen LogP contribution in [0, 0.1) is 0 Å². The van der Waals surface area contributed by atoms with Crippen LogP contribution >= 0.6 is 12.8 Å². The third-order valence-corrected chi connectivity index (χ3v) is 4.23. The molecule has 0 spiro atoms. The lowest BCUT2D eigenvalue weighted by Crippen LogP contribution is -1.96. The first-order chi connectivity index (χ1) is 11.8. The van der Waals surface area contributed by atoms with Gasteiger partial charge < -0.3 is 15.1 Å². The molecule has 0 atom stereocenters. The topological polar surface area (TPSA) is 57.2 Å². The molecule has 0 radical (unpaired) electrons. The largest absolute Gasteiger partial charge is 0.506 e. The van der Waals surface area contributed by atoms with Gasteiger partial charge in [0.15, 0.2) is 0 Å². The Morgan fingerprint density at radius 3 is 2.04 bits per heavy atom. The van der Waals surface area contributed by atoms with Crippen molar-refractivity contribution in [2.75, 3.05) is 10.0 Å². The van der Waals surface area contributed by atoms with Crippen molar-refractivity contribution in [1.29, 1.82) is 0 Å². The zero-order valence-corrected chi connectivity index (χ0v) is 13.6. The summed E-state index contributed by atoms with van der Waals surface area (Å²) in [5.41, 5.74) is 4.10. The smallest absolute Gasteiger partial charge is 0.141 e. The predicted molar refractivity (Wildman–Crippen MR) is 103 cm³/mol. The maximum absolute atomic E-state index is 10.3. The van der Waals surface area contributed by atoms with Crippen LogP contribution in [0.5, 0.6) is 5.75 Å². The van der Waals surface area contributed by atoms with Crippen molar-refractivity contribution in [3.05, 3.63) is 66.7 Å². The Hall–Kier alpha value is -2.92. The number of para-hydroxylation sites is 2. The van der Waals surface area contributed by atoms with E-state index in [0.717, 1.165) is 33.2 Å². The van der Waals surface area contributed by atoms with Gasteiger partial charge in [0, 0.05) is 22.5 Å². The molecule has 3 aromatic carbocycles. The first kappa shape index (κ1) is 14.7. The Labute approximate surface area is 144 Å². The molecule has 1 heterocycles. The number of pyridine rings is 1. The number of nitrogens with zero attached hydrogens (tertiary/aromatic N) is 1. The number of phenols is 1. The van der Waals surface area contributed by atoms with Gasteiger partial charge in [0.05, 0.1) is 22.4 Å². The lowest BCUT2D eigenvalue weighted by Gasteiger charge is -2.14. The van der Waals surface area contributed by atoms with E-state index in [1.165, 1.54) is 0 Å². The fourth-order valence-corrected chi connectivity index (χ4v) is 2.96. The monoisotopic (exact) mass is 333 g/mol. The number of aromatic nitrogens is 1. The van der Waals surface area contributed by atoms with E-state index in [4.69, 9.17) is 4.98 Å². The molecular weight excluding hydrogens is 318 g/mol. The van der Waals surface area contributed by atoms with Gasteiger partial charge in [0.25, 0.3) is 0 Å². The number of aromatic hydroxyl groups is 1. The van der Waals surface area contributed by atoms with Crippen LogP contribution in [0.2, 0.25) is 0 Å². The minimum absolute atomic E-state index is 0.152. The molecule has 24 heavy (non-hydrogen) atoms. The molecule has 0 aliphatic heterocycles. The van der Waals surface area contributed by atoms with E-state index in [1.807, 2.05) is 60.7 Å². The van der Waals surface area contributed by atoms with Crippen LogP contribution in [0.25, 0.3) is 21.8 Å². The molecule has 0 saturated heterocycles.